The van der Waals surface area contributed by atoms with Crippen molar-refractivity contribution in [3.8, 4) is 78.5 Å². The SMILES string of the molecule is c1ccc(-c2ccc3nc(-c4cc(-c5ccc(-c6ccccn6)cc5)cc(-c5ccc(-c6ccccn6)cc5)c4)nc(-c4ccccc4)c3c2)cc1. The highest BCUT2D eigenvalue weighted by molar-refractivity contribution is 5.96. The van der Waals surface area contributed by atoms with Gasteiger partial charge in [0.15, 0.2) is 5.82 Å². The summed E-state index contributed by atoms with van der Waals surface area (Å²) in [5.41, 5.74) is 14.5. The second kappa shape index (κ2) is 13.7. The molecule has 0 saturated heterocycles. The second-order valence-corrected chi connectivity index (χ2v) is 12.7. The van der Waals surface area contributed by atoms with E-state index in [1.165, 1.54) is 0 Å². The molecule has 52 heavy (non-hydrogen) atoms. The van der Waals surface area contributed by atoms with E-state index < -0.39 is 0 Å². The van der Waals surface area contributed by atoms with E-state index >= 15 is 0 Å². The number of fused-ring (bicyclic) bond motifs is 1. The predicted molar refractivity (Wildman–Crippen MR) is 213 cm³/mol. The van der Waals surface area contributed by atoms with Crippen molar-refractivity contribution in [1.29, 1.82) is 0 Å². The third kappa shape index (κ3) is 6.26. The maximum atomic E-state index is 5.33. The summed E-state index contributed by atoms with van der Waals surface area (Å²) < 4.78 is 0. The van der Waals surface area contributed by atoms with E-state index in [1.54, 1.807) is 0 Å². The van der Waals surface area contributed by atoms with Crippen molar-refractivity contribution in [2.24, 2.45) is 0 Å². The van der Waals surface area contributed by atoms with Crippen LogP contribution < -0.4 is 0 Å². The average molecular weight is 665 g/mol. The summed E-state index contributed by atoms with van der Waals surface area (Å²) in [6.45, 7) is 0. The van der Waals surface area contributed by atoms with Gasteiger partial charge in [-0.25, -0.2) is 9.97 Å². The number of aromatic nitrogens is 4. The average Bonchev–Trinajstić information content (AvgIpc) is 3.24. The van der Waals surface area contributed by atoms with E-state index in [4.69, 9.17) is 9.97 Å². The molecule has 0 saturated carbocycles. The molecule has 9 aromatic rings. The van der Waals surface area contributed by atoms with Gasteiger partial charge in [-0.2, -0.15) is 0 Å². The minimum Gasteiger partial charge on any atom is -0.256 e. The first kappa shape index (κ1) is 31.0. The van der Waals surface area contributed by atoms with Gasteiger partial charge in [0.25, 0.3) is 0 Å². The second-order valence-electron chi connectivity index (χ2n) is 12.7. The Morgan fingerprint density at radius 1 is 0.288 bits per heavy atom. The largest absolute Gasteiger partial charge is 0.256 e. The molecule has 3 heterocycles. The summed E-state index contributed by atoms with van der Waals surface area (Å²) in [6, 6.07) is 63.2. The van der Waals surface area contributed by atoms with Crippen LogP contribution in [0.15, 0.2) is 194 Å². The first-order valence-electron chi connectivity index (χ1n) is 17.4. The monoisotopic (exact) mass is 664 g/mol. The maximum absolute atomic E-state index is 5.33. The molecule has 9 rings (SSSR count). The number of hydrogen-bond acceptors (Lipinski definition) is 4. The van der Waals surface area contributed by atoms with Gasteiger partial charge in [0.1, 0.15) is 0 Å². The van der Waals surface area contributed by atoms with E-state index in [0.29, 0.717) is 5.82 Å². The van der Waals surface area contributed by atoms with Crippen LogP contribution in [0.4, 0.5) is 0 Å². The van der Waals surface area contributed by atoms with E-state index in [-0.39, 0.29) is 0 Å². The summed E-state index contributed by atoms with van der Waals surface area (Å²) in [5, 5.41) is 1.02. The number of nitrogens with zero attached hydrogens (tertiary/aromatic N) is 4. The smallest absolute Gasteiger partial charge is 0.160 e. The summed E-state index contributed by atoms with van der Waals surface area (Å²) in [7, 11) is 0. The molecule has 4 heteroatoms. The highest BCUT2D eigenvalue weighted by Gasteiger charge is 2.16. The van der Waals surface area contributed by atoms with E-state index in [0.717, 1.165) is 83.6 Å². The zero-order chi connectivity index (χ0) is 34.7. The summed E-state index contributed by atoms with van der Waals surface area (Å²) >= 11 is 0. The zero-order valence-corrected chi connectivity index (χ0v) is 28.3. The van der Waals surface area contributed by atoms with Crippen LogP contribution in [0.1, 0.15) is 0 Å². The van der Waals surface area contributed by atoms with E-state index in [1.807, 2.05) is 60.9 Å². The number of benzene rings is 6. The Morgan fingerprint density at radius 2 is 0.750 bits per heavy atom. The Hall–Kier alpha value is -7.04. The highest BCUT2D eigenvalue weighted by Crippen LogP contribution is 2.37. The van der Waals surface area contributed by atoms with Gasteiger partial charge >= 0.3 is 0 Å². The number of pyridine rings is 2. The Morgan fingerprint density at radius 3 is 1.29 bits per heavy atom. The van der Waals surface area contributed by atoms with Crippen LogP contribution in [0.2, 0.25) is 0 Å². The van der Waals surface area contributed by atoms with Crippen molar-refractivity contribution in [3.63, 3.8) is 0 Å². The van der Waals surface area contributed by atoms with Crippen LogP contribution in [0, 0.1) is 0 Å². The molecule has 0 aliphatic heterocycles. The summed E-state index contributed by atoms with van der Waals surface area (Å²) in [4.78, 5) is 19.6. The van der Waals surface area contributed by atoms with Crippen molar-refractivity contribution >= 4 is 10.9 Å². The maximum Gasteiger partial charge on any atom is 0.160 e. The first-order chi connectivity index (χ1) is 25.7. The lowest BCUT2D eigenvalue weighted by molar-refractivity contribution is 1.23. The summed E-state index contributed by atoms with van der Waals surface area (Å²) in [6.07, 6.45) is 3.65. The van der Waals surface area contributed by atoms with Crippen molar-refractivity contribution < 1.29 is 0 Å². The molecular formula is C48H32N4. The van der Waals surface area contributed by atoms with Gasteiger partial charge in [-0.3, -0.25) is 9.97 Å². The molecule has 0 unspecified atom stereocenters. The fraction of sp³-hybridized carbons (Fsp3) is 0. The van der Waals surface area contributed by atoms with Crippen LogP contribution >= 0.6 is 0 Å². The minimum atomic E-state index is 0.678. The molecule has 6 aromatic carbocycles. The molecule has 0 spiro atoms. The third-order valence-electron chi connectivity index (χ3n) is 9.40. The Kier molecular flexibility index (Phi) is 8.16. The van der Waals surface area contributed by atoms with E-state index in [2.05, 4.69) is 143 Å². The fourth-order valence-electron chi connectivity index (χ4n) is 6.71. The van der Waals surface area contributed by atoms with Crippen LogP contribution in [0.3, 0.4) is 0 Å². The normalized spacial score (nSPS) is 11.1. The quantitative estimate of drug-likeness (QED) is 0.170. The molecule has 0 amide bonds. The van der Waals surface area contributed by atoms with Gasteiger partial charge in [0.2, 0.25) is 0 Å². The standard InChI is InChI=1S/C48H32N4/c1-3-11-33(12-4-1)39-25-26-46-43(32-39)47(38-13-5-2-6-14-38)52-48(51-46)42-30-40(34-17-21-36(22-18-34)44-15-7-9-27-49-44)29-41(31-42)35-19-23-37(24-20-35)45-16-8-10-28-50-45/h1-32H. The molecular weight excluding hydrogens is 633 g/mol. The Bertz CT molecular complexity index is 2520. The van der Waals surface area contributed by atoms with Gasteiger partial charge in [-0.1, -0.05) is 127 Å². The zero-order valence-electron chi connectivity index (χ0n) is 28.3. The van der Waals surface area contributed by atoms with Gasteiger partial charge in [-0.15, -0.1) is 0 Å². The number of hydrogen-bond donors (Lipinski definition) is 0. The van der Waals surface area contributed by atoms with Crippen LogP contribution in [0.25, 0.3) is 89.4 Å². The van der Waals surface area contributed by atoms with Crippen molar-refractivity contribution in [1.82, 2.24) is 19.9 Å². The van der Waals surface area contributed by atoms with Gasteiger partial charge in [-0.05, 0) is 88.0 Å². The molecule has 4 nitrogen and oxygen atoms in total. The van der Waals surface area contributed by atoms with Gasteiger partial charge in [0.05, 0.1) is 22.6 Å². The van der Waals surface area contributed by atoms with Gasteiger partial charge in [0, 0.05) is 40.0 Å². The van der Waals surface area contributed by atoms with Crippen molar-refractivity contribution in [2.75, 3.05) is 0 Å². The lowest BCUT2D eigenvalue weighted by atomic mass is 9.94. The van der Waals surface area contributed by atoms with Gasteiger partial charge < -0.3 is 0 Å². The van der Waals surface area contributed by atoms with Crippen LogP contribution in [-0.2, 0) is 0 Å². The van der Waals surface area contributed by atoms with Crippen LogP contribution in [-0.4, -0.2) is 19.9 Å². The fourth-order valence-corrected chi connectivity index (χ4v) is 6.71. The lowest BCUT2D eigenvalue weighted by Crippen LogP contribution is -1.97. The molecule has 0 fully saturated rings. The molecule has 0 aliphatic rings. The Labute approximate surface area is 302 Å². The molecule has 0 radical (unpaired) electrons. The summed E-state index contributed by atoms with van der Waals surface area (Å²) in [5.74, 6) is 0.678. The van der Waals surface area contributed by atoms with E-state index in [9.17, 15) is 0 Å². The third-order valence-corrected chi connectivity index (χ3v) is 9.40. The molecule has 0 bridgehead atoms. The first-order valence-corrected chi connectivity index (χ1v) is 17.4. The van der Waals surface area contributed by atoms with Crippen molar-refractivity contribution in [3.05, 3.63) is 194 Å². The minimum absolute atomic E-state index is 0.678. The molecule has 244 valence electrons. The molecule has 0 N–H and O–H groups in total. The number of rotatable bonds is 7. The molecule has 3 aromatic heterocycles. The van der Waals surface area contributed by atoms with Crippen LogP contribution in [0.5, 0.6) is 0 Å². The van der Waals surface area contributed by atoms with Crippen molar-refractivity contribution in [2.45, 2.75) is 0 Å². The molecule has 0 atom stereocenters. The molecule has 0 aliphatic carbocycles. The lowest BCUT2D eigenvalue weighted by Gasteiger charge is -2.14. The predicted octanol–water partition coefficient (Wildman–Crippen LogP) is 12.1. The highest BCUT2D eigenvalue weighted by atomic mass is 14.9. The topological polar surface area (TPSA) is 51.6 Å². The Balaban J connectivity index is 1.20.